The van der Waals surface area contributed by atoms with Gasteiger partial charge in [0.15, 0.2) is 11.5 Å². The summed E-state index contributed by atoms with van der Waals surface area (Å²) in [7, 11) is 1.67. The molecule has 4 rings (SSSR count). The van der Waals surface area contributed by atoms with E-state index < -0.39 is 0 Å². The normalized spacial score (nSPS) is 23.2. The average Bonchev–Trinajstić information content (AvgIpc) is 2.74. The van der Waals surface area contributed by atoms with Crippen molar-refractivity contribution in [3.63, 3.8) is 0 Å². The number of nitrogens with zero attached hydrogens (tertiary/aromatic N) is 2. The topological polar surface area (TPSA) is 71.5 Å². The zero-order valence-electron chi connectivity index (χ0n) is 18.1. The van der Waals surface area contributed by atoms with Gasteiger partial charge in [-0.25, -0.2) is 0 Å². The largest absolute Gasteiger partial charge is 0.493 e. The van der Waals surface area contributed by atoms with Crippen molar-refractivity contribution in [3.8, 4) is 17.6 Å². The summed E-state index contributed by atoms with van der Waals surface area (Å²) < 4.78 is 11.4. The van der Waals surface area contributed by atoms with Crippen LogP contribution in [0.4, 0.5) is 0 Å². The Morgan fingerprint density at radius 1 is 1.17 bits per heavy atom. The number of methoxy groups -OCH3 is 1. The number of nitrogens with two attached hydrogens (primary N) is 1. The van der Waals surface area contributed by atoms with E-state index in [2.05, 4.69) is 55.1 Å². The Morgan fingerprint density at radius 2 is 2.00 bits per heavy atom. The molecule has 30 heavy (non-hydrogen) atoms. The number of nitriles is 1. The molecule has 1 fully saturated rings. The van der Waals surface area contributed by atoms with Crippen molar-refractivity contribution in [1.29, 1.82) is 5.26 Å². The molecule has 158 valence electrons. The number of aryl methyl sites for hydroxylation is 2. The molecular weight excluding hydrogens is 374 g/mol. The van der Waals surface area contributed by atoms with E-state index >= 15 is 0 Å². The van der Waals surface area contributed by atoms with Crippen LogP contribution in [-0.2, 0) is 6.42 Å². The third kappa shape index (κ3) is 3.90. The SMILES string of the molecule is COc1cc2c(cc1OCCC#N)CCN1CC(c3cc(C)ccc3C)C(N)CC21. The monoisotopic (exact) mass is 405 g/mol. The predicted octanol–water partition coefficient (Wildman–Crippen LogP) is 4.02. The van der Waals surface area contributed by atoms with Crippen molar-refractivity contribution in [3.05, 3.63) is 58.1 Å². The Balaban J connectivity index is 1.60. The van der Waals surface area contributed by atoms with Crippen LogP contribution in [0.3, 0.4) is 0 Å². The van der Waals surface area contributed by atoms with Crippen LogP contribution in [0.2, 0.25) is 0 Å². The number of rotatable bonds is 5. The van der Waals surface area contributed by atoms with Crippen LogP contribution >= 0.6 is 0 Å². The van der Waals surface area contributed by atoms with Crippen LogP contribution in [0.25, 0.3) is 0 Å². The van der Waals surface area contributed by atoms with Gasteiger partial charge in [-0.05, 0) is 61.1 Å². The lowest BCUT2D eigenvalue weighted by atomic mass is 9.77. The van der Waals surface area contributed by atoms with Crippen LogP contribution in [0.1, 0.15) is 52.6 Å². The molecule has 5 heteroatoms. The van der Waals surface area contributed by atoms with E-state index in [1.54, 1.807) is 7.11 Å². The Morgan fingerprint density at radius 3 is 2.77 bits per heavy atom. The van der Waals surface area contributed by atoms with Gasteiger partial charge >= 0.3 is 0 Å². The standard InChI is InChI=1S/C25H31N3O2/c1-16-5-6-17(2)19(11-16)21-15-28-9-7-18-12-25(30-10-4-8-26)24(29-3)13-20(18)23(28)14-22(21)27/h5-6,11-13,21-23H,4,7,9-10,14-15,27H2,1-3H3. The van der Waals surface area contributed by atoms with Gasteiger partial charge in [0.05, 0.1) is 19.6 Å². The lowest BCUT2D eigenvalue weighted by molar-refractivity contribution is 0.109. The smallest absolute Gasteiger partial charge is 0.161 e. The summed E-state index contributed by atoms with van der Waals surface area (Å²) in [6.07, 6.45) is 2.29. The number of ether oxygens (including phenoxy) is 2. The summed E-state index contributed by atoms with van der Waals surface area (Å²) in [4.78, 5) is 2.59. The summed E-state index contributed by atoms with van der Waals surface area (Å²) in [6.45, 7) is 6.73. The molecule has 2 N–H and O–H groups in total. The summed E-state index contributed by atoms with van der Waals surface area (Å²) >= 11 is 0. The van der Waals surface area contributed by atoms with Crippen LogP contribution in [-0.4, -0.2) is 37.7 Å². The highest BCUT2D eigenvalue weighted by atomic mass is 16.5. The fourth-order valence-corrected chi connectivity index (χ4v) is 5.03. The van der Waals surface area contributed by atoms with E-state index in [0.717, 1.165) is 37.4 Å². The number of piperidine rings is 1. The quantitative estimate of drug-likeness (QED) is 0.761. The molecule has 2 aliphatic heterocycles. The van der Waals surface area contributed by atoms with E-state index in [0.29, 0.717) is 25.0 Å². The van der Waals surface area contributed by atoms with Gasteiger partial charge in [-0.3, -0.25) is 4.90 Å². The van der Waals surface area contributed by atoms with Crippen LogP contribution in [0, 0.1) is 25.2 Å². The summed E-state index contributed by atoms with van der Waals surface area (Å²) in [6, 6.07) is 13.5. The molecule has 0 aromatic heterocycles. The first-order valence-corrected chi connectivity index (χ1v) is 10.8. The van der Waals surface area contributed by atoms with E-state index in [1.165, 1.54) is 27.8 Å². The highest BCUT2D eigenvalue weighted by molar-refractivity contribution is 5.50. The van der Waals surface area contributed by atoms with E-state index in [1.807, 2.05) is 0 Å². The van der Waals surface area contributed by atoms with Crippen LogP contribution in [0.15, 0.2) is 30.3 Å². The van der Waals surface area contributed by atoms with E-state index in [4.69, 9.17) is 20.5 Å². The zero-order chi connectivity index (χ0) is 21.3. The van der Waals surface area contributed by atoms with Crippen molar-refractivity contribution in [2.24, 2.45) is 5.73 Å². The van der Waals surface area contributed by atoms with Crippen molar-refractivity contribution >= 4 is 0 Å². The number of fused-ring (bicyclic) bond motifs is 3. The molecular formula is C25H31N3O2. The molecule has 1 saturated heterocycles. The van der Waals surface area contributed by atoms with E-state index in [9.17, 15) is 0 Å². The summed E-state index contributed by atoms with van der Waals surface area (Å²) in [5.74, 6) is 1.82. The molecule has 0 aliphatic carbocycles. The van der Waals surface area contributed by atoms with Gasteiger partial charge in [-0.2, -0.15) is 5.26 Å². The second-order valence-electron chi connectivity index (χ2n) is 8.59. The molecule has 0 amide bonds. The fourth-order valence-electron chi connectivity index (χ4n) is 5.03. The Labute approximate surface area is 179 Å². The van der Waals surface area contributed by atoms with Gasteiger partial charge in [0.25, 0.3) is 0 Å². The maximum Gasteiger partial charge on any atom is 0.161 e. The third-order valence-corrected chi connectivity index (χ3v) is 6.64. The predicted molar refractivity (Wildman–Crippen MR) is 118 cm³/mol. The molecule has 3 unspecified atom stereocenters. The van der Waals surface area contributed by atoms with Gasteiger partial charge in [-0.15, -0.1) is 0 Å². The number of benzene rings is 2. The van der Waals surface area contributed by atoms with Gasteiger partial charge in [-0.1, -0.05) is 23.8 Å². The molecule has 3 atom stereocenters. The number of hydrogen-bond donors (Lipinski definition) is 1. The molecule has 2 aromatic rings. The summed E-state index contributed by atoms with van der Waals surface area (Å²) in [5, 5.41) is 8.77. The van der Waals surface area contributed by atoms with Gasteiger partial charge < -0.3 is 15.2 Å². The van der Waals surface area contributed by atoms with Crippen LogP contribution in [0.5, 0.6) is 11.5 Å². The first-order chi connectivity index (χ1) is 14.5. The minimum absolute atomic E-state index is 0.121. The van der Waals surface area contributed by atoms with Gasteiger partial charge in [0, 0.05) is 31.1 Å². The zero-order valence-corrected chi connectivity index (χ0v) is 18.1. The maximum absolute atomic E-state index is 8.77. The van der Waals surface area contributed by atoms with Crippen molar-refractivity contribution in [2.75, 3.05) is 26.8 Å². The highest BCUT2D eigenvalue weighted by Crippen LogP contribution is 2.44. The third-order valence-electron chi connectivity index (χ3n) is 6.64. The minimum Gasteiger partial charge on any atom is -0.493 e. The Bertz CT molecular complexity index is 966. The van der Waals surface area contributed by atoms with Gasteiger partial charge in [0.1, 0.15) is 6.61 Å². The molecule has 0 saturated carbocycles. The Kier molecular flexibility index (Phi) is 5.99. The molecule has 2 aromatic carbocycles. The Hall–Kier alpha value is -2.55. The fraction of sp³-hybridized carbons (Fsp3) is 0.480. The lowest BCUT2D eigenvalue weighted by Crippen LogP contribution is -2.49. The van der Waals surface area contributed by atoms with Gasteiger partial charge in [0.2, 0.25) is 0 Å². The van der Waals surface area contributed by atoms with E-state index in [-0.39, 0.29) is 6.04 Å². The molecule has 2 heterocycles. The molecule has 0 bridgehead atoms. The van der Waals surface area contributed by atoms with Crippen molar-refractivity contribution in [1.82, 2.24) is 4.90 Å². The second kappa shape index (κ2) is 8.67. The lowest BCUT2D eigenvalue weighted by Gasteiger charge is -2.46. The summed E-state index contributed by atoms with van der Waals surface area (Å²) in [5.41, 5.74) is 13.4. The molecule has 2 aliphatic rings. The molecule has 5 nitrogen and oxygen atoms in total. The molecule has 0 spiro atoms. The number of hydrogen-bond acceptors (Lipinski definition) is 5. The second-order valence-corrected chi connectivity index (χ2v) is 8.59. The first-order valence-electron chi connectivity index (χ1n) is 10.8. The molecule has 0 radical (unpaired) electrons. The van der Waals surface area contributed by atoms with Crippen molar-refractivity contribution in [2.45, 2.75) is 51.1 Å². The maximum atomic E-state index is 8.77. The average molecular weight is 406 g/mol. The first kappa shape index (κ1) is 20.7. The van der Waals surface area contributed by atoms with Crippen molar-refractivity contribution < 1.29 is 9.47 Å². The highest BCUT2D eigenvalue weighted by Gasteiger charge is 2.39. The van der Waals surface area contributed by atoms with Crippen LogP contribution < -0.4 is 15.2 Å². The minimum atomic E-state index is 0.121.